The van der Waals surface area contributed by atoms with Gasteiger partial charge in [0.15, 0.2) is 0 Å². The molecule has 0 aliphatic rings. The molecule has 0 saturated carbocycles. The van der Waals surface area contributed by atoms with Gasteiger partial charge < -0.3 is 16.2 Å². The Hall–Kier alpha value is -2.00. The first-order valence-electron chi connectivity index (χ1n) is 6.03. The summed E-state index contributed by atoms with van der Waals surface area (Å²) in [5.41, 5.74) is 9.61. The molecule has 0 saturated heterocycles. The fourth-order valence-electron chi connectivity index (χ4n) is 1.83. The van der Waals surface area contributed by atoms with E-state index in [9.17, 15) is 5.11 Å². The third-order valence-electron chi connectivity index (χ3n) is 2.72. The minimum atomic E-state index is -0.312. The van der Waals surface area contributed by atoms with Crippen LogP contribution in [0.25, 0.3) is 0 Å². The van der Waals surface area contributed by atoms with Gasteiger partial charge in [-0.2, -0.15) is 0 Å². The molecule has 2 aromatic rings. The highest BCUT2D eigenvalue weighted by atomic mass is 16.3. The molecule has 0 aromatic heterocycles. The van der Waals surface area contributed by atoms with Crippen LogP contribution in [0.1, 0.15) is 12.5 Å². The van der Waals surface area contributed by atoms with Crippen molar-refractivity contribution in [3.05, 3.63) is 54.1 Å². The second-order valence-electron chi connectivity index (χ2n) is 4.46. The molecule has 1 atom stereocenters. The van der Waals surface area contributed by atoms with Gasteiger partial charge >= 0.3 is 0 Å². The Bertz CT molecular complexity index is 506. The average Bonchev–Trinajstić information content (AvgIpc) is 2.34. The predicted octanol–water partition coefficient (Wildman–Crippen LogP) is 2.94. The van der Waals surface area contributed by atoms with Crippen LogP contribution in [0.4, 0.5) is 17.1 Å². The van der Waals surface area contributed by atoms with Crippen molar-refractivity contribution in [1.82, 2.24) is 0 Å². The van der Waals surface area contributed by atoms with Gasteiger partial charge in [-0.3, -0.25) is 0 Å². The predicted molar refractivity (Wildman–Crippen MR) is 76.0 cm³/mol. The van der Waals surface area contributed by atoms with Gasteiger partial charge in [0.25, 0.3) is 0 Å². The number of nitrogens with one attached hydrogen (secondary N) is 1. The lowest BCUT2D eigenvalue weighted by Crippen LogP contribution is -2.04. The number of para-hydroxylation sites is 2. The Morgan fingerprint density at radius 3 is 2.39 bits per heavy atom. The summed E-state index contributed by atoms with van der Waals surface area (Å²) < 4.78 is 0. The van der Waals surface area contributed by atoms with Crippen LogP contribution in [0.15, 0.2) is 48.5 Å². The maximum atomic E-state index is 9.31. The van der Waals surface area contributed by atoms with Gasteiger partial charge in [-0.25, -0.2) is 0 Å². The van der Waals surface area contributed by atoms with Gasteiger partial charge in [0.2, 0.25) is 0 Å². The number of aliphatic hydroxyl groups excluding tert-OH is 1. The van der Waals surface area contributed by atoms with Gasteiger partial charge in [0.05, 0.1) is 17.5 Å². The van der Waals surface area contributed by atoms with E-state index in [0.29, 0.717) is 6.42 Å². The Kier molecular flexibility index (Phi) is 3.85. The highest BCUT2D eigenvalue weighted by Gasteiger charge is 2.01. The lowest BCUT2D eigenvalue weighted by atomic mass is 10.1. The number of rotatable bonds is 4. The summed E-state index contributed by atoms with van der Waals surface area (Å²) in [7, 11) is 0. The summed E-state index contributed by atoms with van der Waals surface area (Å²) in [5, 5.41) is 12.6. The third-order valence-corrected chi connectivity index (χ3v) is 2.72. The smallest absolute Gasteiger partial charge is 0.0617 e. The average molecular weight is 242 g/mol. The number of nitrogens with two attached hydrogens (primary N) is 1. The molecule has 4 N–H and O–H groups in total. The normalized spacial score (nSPS) is 12.1. The van der Waals surface area contributed by atoms with E-state index in [-0.39, 0.29) is 6.10 Å². The summed E-state index contributed by atoms with van der Waals surface area (Å²) in [6, 6.07) is 15.7. The number of hydrogen-bond donors (Lipinski definition) is 3. The molecule has 0 aliphatic heterocycles. The third kappa shape index (κ3) is 3.25. The number of nitrogen functional groups attached to an aromatic ring is 1. The molecule has 18 heavy (non-hydrogen) atoms. The van der Waals surface area contributed by atoms with Crippen molar-refractivity contribution in [2.24, 2.45) is 0 Å². The van der Waals surface area contributed by atoms with Gasteiger partial charge in [-0.05, 0) is 43.2 Å². The van der Waals surface area contributed by atoms with E-state index >= 15 is 0 Å². The standard InChI is InChI=1S/C15H18N2O/c1-11(18)10-12-6-8-13(9-7-12)17-15-5-3-2-4-14(15)16/h2-9,11,17-18H,10,16H2,1H3/t11-/m0/s1. The second-order valence-corrected chi connectivity index (χ2v) is 4.46. The molecule has 0 bridgehead atoms. The van der Waals surface area contributed by atoms with Crippen LogP contribution >= 0.6 is 0 Å². The molecule has 0 aliphatic carbocycles. The van der Waals surface area contributed by atoms with Gasteiger partial charge in [0, 0.05) is 5.69 Å². The molecular weight excluding hydrogens is 224 g/mol. The molecule has 94 valence electrons. The maximum Gasteiger partial charge on any atom is 0.0617 e. The fraction of sp³-hybridized carbons (Fsp3) is 0.200. The molecule has 0 amide bonds. The van der Waals surface area contributed by atoms with E-state index in [4.69, 9.17) is 5.73 Å². The lowest BCUT2D eigenvalue weighted by Gasteiger charge is -2.10. The van der Waals surface area contributed by atoms with Crippen LogP contribution in [0.5, 0.6) is 0 Å². The minimum absolute atomic E-state index is 0.312. The Balaban J connectivity index is 2.09. The fourth-order valence-corrected chi connectivity index (χ4v) is 1.83. The molecule has 3 heteroatoms. The van der Waals surface area contributed by atoms with Crippen molar-refractivity contribution in [2.75, 3.05) is 11.1 Å². The molecule has 3 nitrogen and oxygen atoms in total. The van der Waals surface area contributed by atoms with Crippen LogP contribution < -0.4 is 11.1 Å². The van der Waals surface area contributed by atoms with E-state index in [1.165, 1.54) is 0 Å². The summed E-state index contributed by atoms with van der Waals surface area (Å²) >= 11 is 0. The zero-order valence-electron chi connectivity index (χ0n) is 10.4. The lowest BCUT2D eigenvalue weighted by molar-refractivity contribution is 0.195. The van der Waals surface area contributed by atoms with Crippen LogP contribution in [-0.2, 0) is 6.42 Å². The molecule has 0 fully saturated rings. The molecule has 0 heterocycles. The second kappa shape index (κ2) is 5.56. The van der Waals surface area contributed by atoms with E-state index in [2.05, 4.69) is 5.32 Å². The van der Waals surface area contributed by atoms with Crippen molar-refractivity contribution < 1.29 is 5.11 Å². The topological polar surface area (TPSA) is 58.3 Å². The molecule has 2 rings (SSSR count). The minimum Gasteiger partial charge on any atom is -0.397 e. The Morgan fingerprint density at radius 1 is 1.11 bits per heavy atom. The van der Waals surface area contributed by atoms with Crippen molar-refractivity contribution in [2.45, 2.75) is 19.4 Å². The van der Waals surface area contributed by atoms with E-state index < -0.39 is 0 Å². The Morgan fingerprint density at radius 2 is 1.78 bits per heavy atom. The largest absolute Gasteiger partial charge is 0.397 e. The zero-order valence-corrected chi connectivity index (χ0v) is 10.4. The van der Waals surface area contributed by atoms with E-state index in [1.54, 1.807) is 6.92 Å². The van der Waals surface area contributed by atoms with Gasteiger partial charge in [-0.15, -0.1) is 0 Å². The SMILES string of the molecule is C[C@H](O)Cc1ccc(Nc2ccccc2N)cc1. The van der Waals surface area contributed by atoms with E-state index in [1.807, 2.05) is 48.5 Å². The maximum absolute atomic E-state index is 9.31. The first kappa shape index (κ1) is 12.5. The molecule has 0 unspecified atom stereocenters. The highest BCUT2D eigenvalue weighted by molar-refractivity contribution is 5.72. The van der Waals surface area contributed by atoms with Crippen LogP contribution in [0.3, 0.4) is 0 Å². The van der Waals surface area contributed by atoms with Gasteiger partial charge in [0.1, 0.15) is 0 Å². The Labute approximate surface area is 107 Å². The first-order valence-corrected chi connectivity index (χ1v) is 6.03. The van der Waals surface area contributed by atoms with Crippen LogP contribution in [-0.4, -0.2) is 11.2 Å². The summed E-state index contributed by atoms with van der Waals surface area (Å²) in [4.78, 5) is 0. The van der Waals surface area contributed by atoms with Crippen molar-refractivity contribution in [3.63, 3.8) is 0 Å². The van der Waals surface area contributed by atoms with Gasteiger partial charge in [-0.1, -0.05) is 24.3 Å². The highest BCUT2D eigenvalue weighted by Crippen LogP contribution is 2.22. The zero-order chi connectivity index (χ0) is 13.0. The summed E-state index contributed by atoms with van der Waals surface area (Å²) in [6.45, 7) is 1.79. The number of hydrogen-bond acceptors (Lipinski definition) is 3. The summed E-state index contributed by atoms with van der Waals surface area (Å²) in [5.74, 6) is 0. The number of benzene rings is 2. The monoisotopic (exact) mass is 242 g/mol. The first-order chi connectivity index (χ1) is 8.65. The van der Waals surface area contributed by atoms with Crippen LogP contribution in [0, 0.1) is 0 Å². The van der Waals surface area contributed by atoms with Crippen molar-refractivity contribution in [3.8, 4) is 0 Å². The molecular formula is C15H18N2O. The summed E-state index contributed by atoms with van der Waals surface area (Å²) in [6.07, 6.45) is 0.363. The number of anilines is 3. The molecule has 2 aromatic carbocycles. The van der Waals surface area contributed by atoms with Crippen LogP contribution in [0.2, 0.25) is 0 Å². The molecule has 0 radical (unpaired) electrons. The number of aliphatic hydroxyl groups is 1. The molecule has 0 spiro atoms. The quantitative estimate of drug-likeness (QED) is 0.722. The van der Waals surface area contributed by atoms with Crippen molar-refractivity contribution in [1.29, 1.82) is 0 Å². The van der Waals surface area contributed by atoms with Crippen molar-refractivity contribution >= 4 is 17.1 Å². The van der Waals surface area contributed by atoms with E-state index in [0.717, 1.165) is 22.6 Å².